The minimum absolute atomic E-state index is 0.0308. The highest BCUT2D eigenvalue weighted by Crippen LogP contribution is 2.29. The number of phenolic OH excluding ortho intramolecular Hbond substituents is 1. The Bertz CT molecular complexity index is 638. The summed E-state index contributed by atoms with van der Waals surface area (Å²) in [5.41, 5.74) is 1.29. The summed E-state index contributed by atoms with van der Waals surface area (Å²) in [5, 5.41) is 16.4. The van der Waals surface area contributed by atoms with Gasteiger partial charge in [0, 0.05) is 30.2 Å². The number of nitrogens with zero attached hydrogens (tertiary/aromatic N) is 1. The monoisotopic (exact) mass is 373 g/mol. The average molecular weight is 374 g/mol. The lowest BCUT2D eigenvalue weighted by Crippen LogP contribution is -2.63. The molecule has 3 N–H and O–H groups in total. The molecule has 0 aliphatic carbocycles. The number of carbonyl (C=O) groups is 1. The fourth-order valence-corrected chi connectivity index (χ4v) is 5.07. The van der Waals surface area contributed by atoms with Crippen LogP contribution in [0, 0.1) is 5.92 Å². The standard InChI is InChI=1S/C22H35N3O2/c1-21(2)13-18(14-22(3,4)24-21)23-20(27)25-11-5-6-17(15-25)12-16-7-9-19(26)10-8-16/h7-10,17-18,24,26H,5-6,11-15H2,1-4H3,(H,23,27). The number of hydrogen-bond donors (Lipinski definition) is 3. The van der Waals surface area contributed by atoms with Crippen molar-refractivity contribution in [3.63, 3.8) is 0 Å². The molecular formula is C22H35N3O2. The van der Waals surface area contributed by atoms with Gasteiger partial charge in [0.25, 0.3) is 0 Å². The summed E-state index contributed by atoms with van der Waals surface area (Å²) in [5.74, 6) is 0.783. The number of rotatable bonds is 3. The highest BCUT2D eigenvalue weighted by molar-refractivity contribution is 5.74. The van der Waals surface area contributed by atoms with Gasteiger partial charge in [-0.15, -0.1) is 0 Å². The topological polar surface area (TPSA) is 64.6 Å². The molecule has 2 heterocycles. The number of carbonyl (C=O) groups excluding carboxylic acids is 1. The van der Waals surface area contributed by atoms with Crippen molar-refractivity contribution < 1.29 is 9.90 Å². The van der Waals surface area contributed by atoms with E-state index in [1.54, 1.807) is 12.1 Å². The third-order valence-electron chi connectivity index (χ3n) is 5.78. The maximum absolute atomic E-state index is 12.9. The van der Waals surface area contributed by atoms with Gasteiger partial charge in [-0.3, -0.25) is 0 Å². The maximum atomic E-state index is 12.9. The van der Waals surface area contributed by atoms with Gasteiger partial charge in [0.05, 0.1) is 0 Å². The fourth-order valence-electron chi connectivity index (χ4n) is 5.07. The Kier molecular flexibility index (Phi) is 5.71. The van der Waals surface area contributed by atoms with Gasteiger partial charge in [-0.1, -0.05) is 12.1 Å². The number of urea groups is 1. The summed E-state index contributed by atoms with van der Waals surface area (Å²) in [6.07, 6.45) is 5.06. The van der Waals surface area contributed by atoms with Gasteiger partial charge in [0.2, 0.25) is 0 Å². The molecule has 5 nitrogen and oxygen atoms in total. The molecule has 0 saturated carbocycles. The van der Waals surface area contributed by atoms with Crippen LogP contribution in [0.3, 0.4) is 0 Å². The van der Waals surface area contributed by atoms with E-state index >= 15 is 0 Å². The molecule has 1 aromatic carbocycles. The third-order valence-corrected chi connectivity index (χ3v) is 5.78. The van der Waals surface area contributed by atoms with E-state index < -0.39 is 0 Å². The summed E-state index contributed by atoms with van der Waals surface area (Å²) < 4.78 is 0. The Labute approximate surface area is 163 Å². The molecule has 1 unspecified atom stereocenters. The van der Waals surface area contributed by atoms with E-state index in [0.29, 0.717) is 11.7 Å². The van der Waals surface area contributed by atoms with E-state index in [4.69, 9.17) is 0 Å². The van der Waals surface area contributed by atoms with Gasteiger partial charge < -0.3 is 20.6 Å². The van der Waals surface area contributed by atoms with Gasteiger partial charge in [0.15, 0.2) is 0 Å². The zero-order chi connectivity index (χ0) is 19.7. The molecule has 27 heavy (non-hydrogen) atoms. The molecule has 1 atom stereocenters. The van der Waals surface area contributed by atoms with Gasteiger partial charge in [0.1, 0.15) is 5.75 Å². The van der Waals surface area contributed by atoms with Crippen LogP contribution >= 0.6 is 0 Å². The van der Waals surface area contributed by atoms with Crippen LogP contribution in [0.5, 0.6) is 5.75 Å². The second-order valence-corrected chi connectivity index (χ2v) is 9.77. The molecule has 3 rings (SSSR count). The van der Waals surface area contributed by atoms with E-state index in [0.717, 1.165) is 45.2 Å². The second kappa shape index (κ2) is 7.70. The summed E-state index contributed by atoms with van der Waals surface area (Å²) in [7, 11) is 0. The predicted molar refractivity (Wildman–Crippen MR) is 109 cm³/mol. The predicted octanol–water partition coefficient (Wildman–Crippen LogP) is 3.67. The van der Waals surface area contributed by atoms with Gasteiger partial charge in [-0.2, -0.15) is 0 Å². The maximum Gasteiger partial charge on any atom is 0.317 e. The van der Waals surface area contributed by atoms with Crippen LogP contribution in [-0.4, -0.2) is 46.2 Å². The minimum atomic E-state index is 0.0308. The molecular weight excluding hydrogens is 338 g/mol. The Morgan fingerprint density at radius 2 is 1.81 bits per heavy atom. The van der Waals surface area contributed by atoms with Crippen molar-refractivity contribution in [3.05, 3.63) is 29.8 Å². The Morgan fingerprint density at radius 1 is 1.19 bits per heavy atom. The van der Waals surface area contributed by atoms with Crippen LogP contribution in [0.25, 0.3) is 0 Å². The number of piperidine rings is 2. The van der Waals surface area contributed by atoms with Crippen molar-refractivity contribution in [2.45, 2.75) is 76.9 Å². The molecule has 2 aliphatic heterocycles. The number of hydrogen-bond acceptors (Lipinski definition) is 3. The van der Waals surface area contributed by atoms with Gasteiger partial charge in [-0.25, -0.2) is 4.79 Å². The van der Waals surface area contributed by atoms with E-state index in [9.17, 15) is 9.90 Å². The molecule has 2 saturated heterocycles. The molecule has 2 amide bonds. The molecule has 0 spiro atoms. The normalized spacial score (nSPS) is 25.2. The Balaban J connectivity index is 1.55. The zero-order valence-corrected chi connectivity index (χ0v) is 17.2. The Hall–Kier alpha value is -1.75. The smallest absolute Gasteiger partial charge is 0.317 e. The van der Waals surface area contributed by atoms with Crippen molar-refractivity contribution in [2.75, 3.05) is 13.1 Å². The highest BCUT2D eigenvalue weighted by Gasteiger charge is 2.38. The van der Waals surface area contributed by atoms with E-state index in [2.05, 4.69) is 38.3 Å². The third kappa shape index (κ3) is 5.61. The first-order valence-corrected chi connectivity index (χ1v) is 10.2. The van der Waals surface area contributed by atoms with Crippen LogP contribution in [0.2, 0.25) is 0 Å². The van der Waals surface area contributed by atoms with Crippen molar-refractivity contribution >= 4 is 6.03 Å². The highest BCUT2D eigenvalue weighted by atomic mass is 16.3. The summed E-state index contributed by atoms with van der Waals surface area (Å²) in [4.78, 5) is 14.9. The van der Waals surface area contributed by atoms with Crippen LogP contribution in [0.4, 0.5) is 4.79 Å². The molecule has 2 fully saturated rings. The Morgan fingerprint density at radius 3 is 2.44 bits per heavy atom. The van der Waals surface area contributed by atoms with Crippen LogP contribution in [0.1, 0.15) is 58.9 Å². The number of phenols is 1. The largest absolute Gasteiger partial charge is 0.508 e. The van der Waals surface area contributed by atoms with Gasteiger partial charge in [-0.05, 0) is 83.4 Å². The fraction of sp³-hybridized carbons (Fsp3) is 0.682. The van der Waals surface area contributed by atoms with Crippen LogP contribution in [-0.2, 0) is 6.42 Å². The molecule has 1 aromatic rings. The first-order chi connectivity index (χ1) is 12.6. The SMILES string of the molecule is CC1(C)CC(NC(=O)N2CCCC(Cc3ccc(O)cc3)C2)CC(C)(C)N1. The lowest BCUT2D eigenvalue weighted by molar-refractivity contribution is 0.129. The van der Waals surface area contributed by atoms with Crippen molar-refractivity contribution in [1.82, 2.24) is 15.5 Å². The second-order valence-electron chi connectivity index (χ2n) is 9.77. The van der Waals surface area contributed by atoms with Crippen molar-refractivity contribution in [1.29, 1.82) is 0 Å². The van der Waals surface area contributed by atoms with E-state index in [1.165, 1.54) is 5.56 Å². The molecule has 5 heteroatoms. The first kappa shape index (κ1) is 20.0. The number of aromatic hydroxyl groups is 1. The molecule has 0 bridgehead atoms. The molecule has 150 valence electrons. The lowest BCUT2D eigenvalue weighted by atomic mass is 9.79. The number of nitrogens with one attached hydrogen (secondary N) is 2. The number of amides is 2. The van der Waals surface area contributed by atoms with Crippen LogP contribution in [0.15, 0.2) is 24.3 Å². The van der Waals surface area contributed by atoms with Crippen molar-refractivity contribution in [3.8, 4) is 5.75 Å². The van der Waals surface area contributed by atoms with Crippen LogP contribution < -0.4 is 10.6 Å². The van der Waals surface area contributed by atoms with Crippen molar-refractivity contribution in [2.24, 2.45) is 5.92 Å². The van der Waals surface area contributed by atoms with E-state index in [1.807, 2.05) is 17.0 Å². The van der Waals surface area contributed by atoms with E-state index in [-0.39, 0.29) is 23.2 Å². The number of likely N-dealkylation sites (tertiary alicyclic amines) is 1. The molecule has 0 radical (unpaired) electrons. The summed E-state index contributed by atoms with van der Waals surface area (Å²) in [6.45, 7) is 10.5. The minimum Gasteiger partial charge on any atom is -0.508 e. The van der Waals surface area contributed by atoms with Gasteiger partial charge >= 0.3 is 6.03 Å². The molecule has 2 aliphatic rings. The quantitative estimate of drug-likeness (QED) is 0.757. The zero-order valence-electron chi connectivity index (χ0n) is 17.2. The summed E-state index contributed by atoms with van der Waals surface area (Å²) in [6, 6.07) is 7.73. The molecule has 0 aromatic heterocycles. The first-order valence-electron chi connectivity index (χ1n) is 10.2. The lowest BCUT2D eigenvalue weighted by Gasteiger charge is -2.47. The summed E-state index contributed by atoms with van der Waals surface area (Å²) >= 11 is 0. The number of benzene rings is 1. The average Bonchev–Trinajstić information content (AvgIpc) is 2.54.